The summed E-state index contributed by atoms with van der Waals surface area (Å²) >= 11 is 1.52. The molecule has 0 aliphatic carbocycles. The molecule has 1 aliphatic rings. The molecule has 2 heterocycles. The predicted molar refractivity (Wildman–Crippen MR) is 91.0 cm³/mol. The summed E-state index contributed by atoms with van der Waals surface area (Å²) in [5, 5.41) is 28.0. The summed E-state index contributed by atoms with van der Waals surface area (Å²) in [4.78, 5) is 0. The fraction of sp³-hybridized carbons (Fsp3) is 0.125. The van der Waals surface area contributed by atoms with Gasteiger partial charge in [-0.2, -0.15) is 5.23 Å². The number of nitrogens with zero attached hydrogens (tertiary/aromatic N) is 3. The lowest BCUT2D eigenvalue weighted by Crippen LogP contribution is -2.99. The number of aromatic nitrogens is 3. The van der Waals surface area contributed by atoms with E-state index in [2.05, 4.69) is 15.6 Å². The maximum absolute atomic E-state index is 10.9. The van der Waals surface area contributed by atoms with Crippen LogP contribution in [0.15, 0.2) is 59.8 Å². The van der Waals surface area contributed by atoms with E-state index in [-0.39, 0.29) is 11.1 Å². The van der Waals surface area contributed by atoms with Gasteiger partial charge in [0.05, 0.1) is 0 Å². The zero-order valence-electron chi connectivity index (χ0n) is 13.0. The molecule has 0 saturated heterocycles. The summed E-state index contributed by atoms with van der Waals surface area (Å²) in [5.41, 5.74) is 4.55. The van der Waals surface area contributed by atoms with Crippen molar-refractivity contribution >= 4 is 17.4 Å². The van der Waals surface area contributed by atoms with E-state index in [1.54, 1.807) is 24.3 Å². The summed E-state index contributed by atoms with van der Waals surface area (Å²) in [6.45, 7) is 0.301. The zero-order chi connectivity index (χ0) is 17.2. The number of hydrogen-bond acceptors (Lipinski definition) is 7. The molecule has 1 aliphatic heterocycles. The van der Waals surface area contributed by atoms with Crippen molar-refractivity contribution in [3.63, 3.8) is 0 Å². The van der Waals surface area contributed by atoms with Crippen LogP contribution in [0.4, 0.5) is 5.69 Å². The second kappa shape index (κ2) is 6.73. The van der Waals surface area contributed by atoms with Crippen LogP contribution in [0.5, 0.6) is 5.75 Å². The number of rotatable bonds is 5. The lowest BCUT2D eigenvalue weighted by molar-refractivity contribution is -0.991. The van der Waals surface area contributed by atoms with Gasteiger partial charge in [0.2, 0.25) is 5.16 Å². The van der Waals surface area contributed by atoms with Gasteiger partial charge in [-0.3, -0.25) is 0 Å². The summed E-state index contributed by atoms with van der Waals surface area (Å²) in [5.74, 6) is 1.45. The molecule has 1 unspecified atom stereocenters. The van der Waals surface area contributed by atoms with E-state index < -0.39 is 5.23 Å². The van der Waals surface area contributed by atoms with E-state index in [0.29, 0.717) is 12.4 Å². The summed E-state index contributed by atoms with van der Waals surface area (Å²) in [7, 11) is 0. The van der Waals surface area contributed by atoms with Crippen LogP contribution < -0.4 is 15.4 Å². The third kappa shape index (κ3) is 3.30. The second-order valence-electron chi connectivity index (χ2n) is 5.39. The fourth-order valence-electron chi connectivity index (χ4n) is 2.46. The minimum atomic E-state index is -0.934. The number of hydrogen-bond donors (Lipinski definition) is 3. The molecular formula is C16H15N5O3S. The number of para-hydroxylation sites is 1. The highest BCUT2D eigenvalue weighted by atomic mass is 32.2. The molecule has 0 amide bonds. The Balaban J connectivity index is 1.45. The molecule has 0 bridgehead atoms. The normalized spacial score (nSPS) is 17.0. The first-order chi connectivity index (χ1) is 12.2. The van der Waals surface area contributed by atoms with Gasteiger partial charge in [0.15, 0.2) is 11.5 Å². The molecule has 4 rings (SSSR count). The molecule has 3 aromatic rings. The Bertz CT molecular complexity index is 854. The number of fused-ring (bicyclic) bond motifs is 1. The highest BCUT2D eigenvalue weighted by Crippen LogP contribution is 2.38. The SMILES string of the molecule is [O-][NH+](O)c1ccc([C@H]2Nn3c(COc4ccccc4)nnc3S2)cc1. The van der Waals surface area contributed by atoms with Gasteiger partial charge in [-0.25, -0.2) is 9.88 Å². The third-order valence-corrected chi connectivity index (χ3v) is 4.83. The monoisotopic (exact) mass is 357 g/mol. The Morgan fingerprint density at radius 2 is 1.92 bits per heavy atom. The maximum atomic E-state index is 10.9. The largest absolute Gasteiger partial charge is 0.595 e. The van der Waals surface area contributed by atoms with Gasteiger partial charge in [-0.05, 0) is 29.8 Å². The number of ether oxygens (including phenoxy) is 1. The van der Waals surface area contributed by atoms with Crippen molar-refractivity contribution in [2.75, 3.05) is 5.43 Å². The van der Waals surface area contributed by atoms with E-state index in [4.69, 9.17) is 9.94 Å². The first-order valence-electron chi connectivity index (χ1n) is 7.59. The second-order valence-corrected chi connectivity index (χ2v) is 6.46. The summed E-state index contributed by atoms with van der Waals surface area (Å²) in [6, 6.07) is 16.3. The van der Waals surface area contributed by atoms with Crippen molar-refractivity contribution in [1.82, 2.24) is 14.9 Å². The van der Waals surface area contributed by atoms with Crippen LogP contribution in [0.2, 0.25) is 0 Å². The molecule has 128 valence electrons. The Kier molecular flexibility index (Phi) is 4.28. The van der Waals surface area contributed by atoms with E-state index >= 15 is 0 Å². The quantitative estimate of drug-likeness (QED) is 0.597. The molecule has 2 atom stereocenters. The molecule has 1 aromatic heterocycles. The number of thioether (sulfide) groups is 1. The first-order valence-corrected chi connectivity index (χ1v) is 8.47. The summed E-state index contributed by atoms with van der Waals surface area (Å²) < 4.78 is 7.53. The van der Waals surface area contributed by atoms with Crippen molar-refractivity contribution in [1.29, 1.82) is 0 Å². The lowest BCUT2D eigenvalue weighted by atomic mass is 10.2. The van der Waals surface area contributed by atoms with Gasteiger partial charge in [0, 0.05) is 12.1 Å². The molecular weight excluding hydrogens is 342 g/mol. The van der Waals surface area contributed by atoms with E-state index in [9.17, 15) is 5.21 Å². The zero-order valence-corrected chi connectivity index (χ0v) is 13.8. The van der Waals surface area contributed by atoms with E-state index in [1.165, 1.54) is 11.8 Å². The molecule has 0 fully saturated rings. The van der Waals surface area contributed by atoms with E-state index in [1.807, 2.05) is 35.0 Å². The van der Waals surface area contributed by atoms with Gasteiger partial charge < -0.3 is 15.4 Å². The van der Waals surface area contributed by atoms with Crippen molar-refractivity contribution in [3.05, 3.63) is 71.2 Å². The third-order valence-electron chi connectivity index (χ3n) is 3.74. The van der Waals surface area contributed by atoms with Crippen molar-refractivity contribution in [3.8, 4) is 5.75 Å². The molecule has 0 radical (unpaired) electrons. The minimum absolute atomic E-state index is 0.0520. The van der Waals surface area contributed by atoms with Crippen LogP contribution in [-0.2, 0) is 6.61 Å². The number of nitrogens with one attached hydrogen (secondary N) is 2. The van der Waals surface area contributed by atoms with Gasteiger partial charge in [0.1, 0.15) is 17.7 Å². The van der Waals surface area contributed by atoms with Crippen molar-refractivity contribution in [2.45, 2.75) is 17.1 Å². The molecule has 0 spiro atoms. The fourth-order valence-corrected chi connectivity index (χ4v) is 3.47. The molecule has 8 nitrogen and oxygen atoms in total. The van der Waals surface area contributed by atoms with Crippen LogP contribution in [-0.4, -0.2) is 20.1 Å². The van der Waals surface area contributed by atoms with Crippen LogP contribution in [0.3, 0.4) is 0 Å². The van der Waals surface area contributed by atoms with Gasteiger partial charge >= 0.3 is 0 Å². The van der Waals surface area contributed by atoms with Crippen LogP contribution in [0.1, 0.15) is 16.8 Å². The van der Waals surface area contributed by atoms with Crippen LogP contribution >= 0.6 is 11.8 Å². The average Bonchev–Trinajstić information content (AvgIpc) is 3.22. The average molecular weight is 357 g/mol. The molecule has 9 heteroatoms. The predicted octanol–water partition coefficient (Wildman–Crippen LogP) is 1.61. The molecule has 2 aromatic carbocycles. The van der Waals surface area contributed by atoms with Crippen molar-refractivity contribution in [2.24, 2.45) is 0 Å². The van der Waals surface area contributed by atoms with Crippen molar-refractivity contribution < 1.29 is 15.2 Å². The van der Waals surface area contributed by atoms with Crippen LogP contribution in [0, 0.1) is 5.21 Å². The Morgan fingerprint density at radius 1 is 1.16 bits per heavy atom. The van der Waals surface area contributed by atoms with E-state index in [0.717, 1.165) is 16.5 Å². The highest BCUT2D eigenvalue weighted by Gasteiger charge is 2.27. The topological polar surface area (TPSA) is 99.7 Å². The van der Waals surface area contributed by atoms with Crippen LogP contribution in [0.25, 0.3) is 0 Å². The standard InChI is InChI=1S/C16H15N5O3S/c22-21(23)12-8-6-11(7-9-12)15-19-20-14(17-18-16(20)25-15)10-24-13-4-2-1-3-5-13/h1-9,15,19,21-22H,10H2/t15-/m0/s1. The molecule has 0 saturated carbocycles. The highest BCUT2D eigenvalue weighted by molar-refractivity contribution is 7.99. The maximum Gasteiger partial charge on any atom is 0.212 e. The van der Waals surface area contributed by atoms with Gasteiger partial charge in [-0.15, -0.1) is 10.2 Å². The number of quaternary nitrogens is 1. The number of benzene rings is 2. The summed E-state index contributed by atoms with van der Waals surface area (Å²) in [6.07, 6.45) is 0. The molecule has 3 N–H and O–H groups in total. The Morgan fingerprint density at radius 3 is 2.64 bits per heavy atom. The van der Waals surface area contributed by atoms with Gasteiger partial charge in [0.25, 0.3) is 0 Å². The Labute approximate surface area is 147 Å². The minimum Gasteiger partial charge on any atom is -0.595 e. The lowest BCUT2D eigenvalue weighted by Gasteiger charge is -2.15. The van der Waals surface area contributed by atoms with Gasteiger partial charge in [-0.1, -0.05) is 30.0 Å². The smallest absolute Gasteiger partial charge is 0.212 e. The first kappa shape index (κ1) is 15.9. The Hall–Kier alpha value is -2.59. The molecule has 25 heavy (non-hydrogen) atoms.